The van der Waals surface area contributed by atoms with Gasteiger partial charge in [0.1, 0.15) is 5.84 Å². The van der Waals surface area contributed by atoms with Crippen molar-refractivity contribution in [3.8, 4) is 0 Å². The Kier molecular flexibility index (Phi) is 6.63. The van der Waals surface area contributed by atoms with Gasteiger partial charge in [-0.2, -0.15) is 0 Å². The van der Waals surface area contributed by atoms with E-state index in [1.54, 1.807) is 36.4 Å². The lowest BCUT2D eigenvalue weighted by molar-refractivity contribution is -0.230. The molecule has 1 fully saturated rings. The molecule has 2 aromatic carbocycles. The fraction of sp³-hybridized carbons (Fsp3) is 0.250. The fourth-order valence-corrected chi connectivity index (χ4v) is 3.10. The Bertz CT molecular complexity index is 917. The van der Waals surface area contributed by atoms with Gasteiger partial charge in [-0.25, -0.2) is 0 Å². The molecule has 1 saturated heterocycles. The van der Waals surface area contributed by atoms with E-state index in [0.29, 0.717) is 11.3 Å². The van der Waals surface area contributed by atoms with Gasteiger partial charge in [0, 0.05) is 18.2 Å². The normalized spacial score (nSPS) is 21.3. The lowest BCUT2D eigenvalue weighted by atomic mass is 10.0. The summed E-state index contributed by atoms with van der Waals surface area (Å²) in [6, 6.07) is 13.6. The number of aryl methyl sites for hydroxylation is 1. The van der Waals surface area contributed by atoms with Crippen LogP contribution < -0.4 is 16.0 Å². The van der Waals surface area contributed by atoms with Gasteiger partial charge in [0.05, 0.1) is 12.6 Å². The number of amides is 2. The molecule has 1 aliphatic heterocycles. The van der Waals surface area contributed by atoms with Crippen LogP contribution in [0.1, 0.15) is 29.7 Å². The van der Waals surface area contributed by atoms with Gasteiger partial charge in [0.15, 0.2) is 0 Å². The molecule has 0 bridgehead atoms. The monoisotopic (exact) mass is 418 g/mol. The summed E-state index contributed by atoms with van der Waals surface area (Å²) in [4.78, 5) is 26.0. The standard InChI is InChI=1S/C20H22N4O4.ClH/c1-12-3-9-16(10-4-12)24-17(14-5-7-15(8-6-14)18(21)22)11-28-20(27,19(24)26)23-13(2)25;/h3-10,17,27H,11H2,1-2H3,(H3,21,22)(H,23,25);1H/t17-,20+;/m0./s1. The summed E-state index contributed by atoms with van der Waals surface area (Å²) in [5.74, 6) is -3.88. The van der Waals surface area contributed by atoms with Gasteiger partial charge >= 0.3 is 11.8 Å². The Hall–Kier alpha value is -2.94. The third-order valence-electron chi connectivity index (χ3n) is 4.53. The molecule has 0 radical (unpaired) electrons. The number of nitrogens with two attached hydrogens (primary N) is 1. The van der Waals surface area contributed by atoms with Gasteiger partial charge in [-0.05, 0) is 24.6 Å². The number of morpholine rings is 1. The molecule has 5 N–H and O–H groups in total. The maximum Gasteiger partial charge on any atom is 0.333 e. The topological polar surface area (TPSA) is 129 Å². The van der Waals surface area contributed by atoms with Crippen LogP contribution in [-0.2, 0) is 14.3 Å². The molecule has 0 unspecified atom stereocenters. The van der Waals surface area contributed by atoms with E-state index in [4.69, 9.17) is 15.9 Å². The van der Waals surface area contributed by atoms with E-state index in [2.05, 4.69) is 5.32 Å². The summed E-state index contributed by atoms with van der Waals surface area (Å²) in [6.07, 6.45) is 0. The van der Waals surface area contributed by atoms with Crippen LogP contribution in [0.3, 0.4) is 0 Å². The zero-order valence-corrected chi connectivity index (χ0v) is 16.8. The van der Waals surface area contributed by atoms with Crippen LogP contribution in [0.15, 0.2) is 48.5 Å². The number of halogens is 1. The van der Waals surface area contributed by atoms with Crippen LogP contribution in [0.4, 0.5) is 5.69 Å². The molecule has 1 aliphatic rings. The number of hydrogen-bond acceptors (Lipinski definition) is 5. The van der Waals surface area contributed by atoms with E-state index in [9.17, 15) is 14.7 Å². The predicted molar refractivity (Wildman–Crippen MR) is 111 cm³/mol. The first kappa shape index (κ1) is 22.4. The van der Waals surface area contributed by atoms with Crippen LogP contribution in [0.5, 0.6) is 0 Å². The molecular formula is C20H23ClN4O4. The molecule has 2 amide bonds. The number of ether oxygens (including phenoxy) is 1. The number of hydrogen-bond donors (Lipinski definition) is 4. The van der Waals surface area contributed by atoms with Crippen molar-refractivity contribution in [3.05, 3.63) is 65.2 Å². The highest BCUT2D eigenvalue weighted by Crippen LogP contribution is 2.34. The number of amidine groups is 1. The van der Waals surface area contributed by atoms with Crippen LogP contribution in [0, 0.1) is 12.3 Å². The molecule has 29 heavy (non-hydrogen) atoms. The Balaban J connectivity index is 0.00000300. The minimum atomic E-state index is -2.44. The average molecular weight is 419 g/mol. The number of benzene rings is 2. The smallest absolute Gasteiger partial charge is 0.333 e. The SMILES string of the molecule is CC(=O)N[C@]1(O)OC[C@@H](c2ccc(C(=N)N)cc2)N(c2ccc(C)cc2)C1=O.Cl. The van der Waals surface area contributed by atoms with Crippen molar-refractivity contribution in [1.82, 2.24) is 5.32 Å². The van der Waals surface area contributed by atoms with E-state index < -0.39 is 23.8 Å². The lowest BCUT2D eigenvalue weighted by Crippen LogP contribution is -2.66. The second kappa shape index (κ2) is 8.60. The van der Waals surface area contributed by atoms with Crippen molar-refractivity contribution in [2.45, 2.75) is 25.8 Å². The first-order valence-corrected chi connectivity index (χ1v) is 8.71. The average Bonchev–Trinajstić information content (AvgIpc) is 2.64. The second-order valence-corrected chi connectivity index (χ2v) is 6.70. The zero-order chi connectivity index (χ0) is 20.5. The van der Waals surface area contributed by atoms with Gasteiger partial charge in [0.25, 0.3) is 0 Å². The zero-order valence-electron chi connectivity index (χ0n) is 16.0. The number of anilines is 1. The third kappa shape index (κ3) is 4.56. The molecule has 0 spiro atoms. The summed E-state index contributed by atoms with van der Waals surface area (Å²) in [6.45, 7) is 3.07. The molecule has 8 nitrogen and oxygen atoms in total. The van der Waals surface area contributed by atoms with E-state index in [1.807, 2.05) is 19.1 Å². The summed E-state index contributed by atoms with van der Waals surface area (Å²) in [7, 11) is 0. The summed E-state index contributed by atoms with van der Waals surface area (Å²) >= 11 is 0. The second-order valence-electron chi connectivity index (χ2n) is 6.70. The highest BCUT2D eigenvalue weighted by Gasteiger charge is 2.49. The fourth-order valence-electron chi connectivity index (χ4n) is 3.10. The van der Waals surface area contributed by atoms with E-state index in [-0.39, 0.29) is 24.8 Å². The van der Waals surface area contributed by atoms with Crippen molar-refractivity contribution in [2.75, 3.05) is 11.5 Å². The highest BCUT2D eigenvalue weighted by molar-refractivity contribution is 6.01. The maximum atomic E-state index is 13.1. The van der Waals surface area contributed by atoms with Crippen LogP contribution in [-0.4, -0.2) is 35.3 Å². The molecule has 154 valence electrons. The number of rotatable bonds is 4. The number of nitrogens with zero attached hydrogens (tertiary/aromatic N) is 1. The van der Waals surface area contributed by atoms with Crippen molar-refractivity contribution in [1.29, 1.82) is 5.41 Å². The molecule has 0 saturated carbocycles. The number of carbonyl (C=O) groups is 2. The predicted octanol–water partition coefficient (Wildman–Crippen LogP) is 1.59. The van der Waals surface area contributed by atoms with E-state index in [1.165, 1.54) is 11.8 Å². The van der Waals surface area contributed by atoms with E-state index >= 15 is 0 Å². The van der Waals surface area contributed by atoms with Gasteiger partial charge in [-0.1, -0.05) is 42.0 Å². The van der Waals surface area contributed by atoms with Crippen molar-refractivity contribution >= 4 is 35.7 Å². The molecule has 2 atom stereocenters. The van der Waals surface area contributed by atoms with Crippen LogP contribution >= 0.6 is 12.4 Å². The van der Waals surface area contributed by atoms with Gasteiger partial charge < -0.3 is 15.6 Å². The number of nitrogens with one attached hydrogen (secondary N) is 2. The minimum absolute atomic E-state index is 0. The maximum absolute atomic E-state index is 13.1. The molecule has 0 aromatic heterocycles. The van der Waals surface area contributed by atoms with Gasteiger partial charge in [0.2, 0.25) is 5.91 Å². The van der Waals surface area contributed by atoms with Crippen LogP contribution in [0.25, 0.3) is 0 Å². The molecule has 1 heterocycles. The van der Waals surface area contributed by atoms with Crippen molar-refractivity contribution in [3.63, 3.8) is 0 Å². The molecule has 3 rings (SSSR count). The first-order valence-electron chi connectivity index (χ1n) is 8.71. The quantitative estimate of drug-likeness (QED) is 0.340. The summed E-state index contributed by atoms with van der Waals surface area (Å²) in [5.41, 5.74) is 8.37. The summed E-state index contributed by atoms with van der Waals surface area (Å²) < 4.78 is 5.37. The Morgan fingerprint density at radius 1 is 1.24 bits per heavy atom. The molecule has 0 aliphatic carbocycles. The van der Waals surface area contributed by atoms with E-state index in [0.717, 1.165) is 11.1 Å². The molecule has 9 heteroatoms. The van der Waals surface area contributed by atoms with Crippen molar-refractivity contribution < 1.29 is 19.4 Å². The number of carbonyl (C=O) groups excluding carboxylic acids is 2. The first-order chi connectivity index (χ1) is 13.2. The lowest BCUT2D eigenvalue weighted by Gasteiger charge is -2.43. The summed E-state index contributed by atoms with van der Waals surface area (Å²) in [5, 5.41) is 20.3. The Morgan fingerprint density at radius 3 is 2.34 bits per heavy atom. The van der Waals surface area contributed by atoms with Gasteiger partial charge in [-0.15, -0.1) is 12.4 Å². The third-order valence-corrected chi connectivity index (χ3v) is 4.53. The Morgan fingerprint density at radius 2 is 1.83 bits per heavy atom. The molecular weight excluding hydrogens is 396 g/mol. The minimum Gasteiger partial charge on any atom is -0.384 e. The van der Waals surface area contributed by atoms with Crippen LogP contribution in [0.2, 0.25) is 0 Å². The molecule has 2 aromatic rings. The van der Waals surface area contributed by atoms with Crippen molar-refractivity contribution in [2.24, 2.45) is 5.73 Å². The number of aliphatic hydroxyl groups is 1. The highest BCUT2D eigenvalue weighted by atomic mass is 35.5. The Labute approximate surface area is 174 Å². The largest absolute Gasteiger partial charge is 0.384 e. The van der Waals surface area contributed by atoms with Gasteiger partial charge in [-0.3, -0.25) is 25.2 Å². The number of nitrogen functional groups attached to an aromatic ring is 1.